The Labute approximate surface area is 154 Å². The van der Waals surface area contributed by atoms with Crippen LogP contribution in [0.3, 0.4) is 0 Å². The lowest BCUT2D eigenvalue weighted by molar-refractivity contribution is -0.119. The van der Waals surface area contributed by atoms with Crippen LogP contribution in [0.1, 0.15) is 42.1 Å². The summed E-state index contributed by atoms with van der Waals surface area (Å²) in [4.78, 5) is 23.9. The first-order valence-electron chi connectivity index (χ1n) is 8.85. The zero-order chi connectivity index (χ0) is 18.8. The molecule has 0 fully saturated rings. The van der Waals surface area contributed by atoms with Crippen molar-refractivity contribution in [1.29, 1.82) is 0 Å². The zero-order valence-electron chi connectivity index (χ0n) is 15.3. The van der Waals surface area contributed by atoms with Crippen LogP contribution in [0.5, 0.6) is 5.75 Å². The van der Waals surface area contributed by atoms with Gasteiger partial charge in [-0.15, -0.1) is 0 Å². The highest BCUT2D eigenvalue weighted by Gasteiger charge is 2.10. The van der Waals surface area contributed by atoms with Crippen molar-refractivity contribution in [3.63, 3.8) is 0 Å². The van der Waals surface area contributed by atoms with Gasteiger partial charge in [-0.05, 0) is 55.3 Å². The number of ether oxygens (including phenoxy) is 2. The van der Waals surface area contributed by atoms with Crippen molar-refractivity contribution in [2.24, 2.45) is 0 Å². The van der Waals surface area contributed by atoms with Gasteiger partial charge in [0.1, 0.15) is 5.75 Å². The fourth-order valence-corrected chi connectivity index (χ4v) is 2.36. The van der Waals surface area contributed by atoms with E-state index in [1.54, 1.807) is 30.3 Å². The van der Waals surface area contributed by atoms with Crippen LogP contribution in [-0.2, 0) is 9.53 Å². The largest absolute Gasteiger partial charge is 0.494 e. The predicted octanol–water partition coefficient (Wildman–Crippen LogP) is 4.36. The Morgan fingerprint density at radius 3 is 2.50 bits per heavy atom. The molecule has 0 aliphatic carbocycles. The van der Waals surface area contributed by atoms with Gasteiger partial charge in [-0.3, -0.25) is 4.79 Å². The van der Waals surface area contributed by atoms with Crippen LogP contribution < -0.4 is 10.1 Å². The van der Waals surface area contributed by atoms with Crippen LogP contribution in [-0.4, -0.2) is 25.1 Å². The monoisotopic (exact) mass is 355 g/mol. The van der Waals surface area contributed by atoms with Gasteiger partial charge in [0.05, 0.1) is 12.2 Å². The molecule has 2 aromatic carbocycles. The average Bonchev–Trinajstić information content (AvgIpc) is 2.64. The molecule has 0 aliphatic heterocycles. The lowest BCUT2D eigenvalue weighted by Gasteiger charge is -2.08. The molecule has 0 unspecified atom stereocenters. The predicted molar refractivity (Wildman–Crippen MR) is 102 cm³/mol. The van der Waals surface area contributed by atoms with Crippen molar-refractivity contribution in [1.82, 2.24) is 0 Å². The van der Waals surface area contributed by atoms with Crippen molar-refractivity contribution < 1.29 is 19.1 Å². The highest BCUT2D eigenvalue weighted by Crippen LogP contribution is 2.14. The van der Waals surface area contributed by atoms with Crippen LogP contribution in [0.4, 0.5) is 5.69 Å². The number of hydrogen-bond acceptors (Lipinski definition) is 4. The van der Waals surface area contributed by atoms with Crippen molar-refractivity contribution in [3.8, 4) is 5.75 Å². The van der Waals surface area contributed by atoms with E-state index < -0.39 is 5.97 Å². The van der Waals surface area contributed by atoms with Gasteiger partial charge < -0.3 is 14.8 Å². The van der Waals surface area contributed by atoms with E-state index in [0.717, 1.165) is 30.6 Å². The molecule has 0 aromatic heterocycles. The Kier molecular flexibility index (Phi) is 7.68. The maximum absolute atomic E-state index is 12.0. The van der Waals surface area contributed by atoms with Crippen LogP contribution >= 0.6 is 0 Å². The van der Waals surface area contributed by atoms with Crippen LogP contribution in [0.2, 0.25) is 0 Å². The second-order valence-electron chi connectivity index (χ2n) is 6.07. The summed E-state index contributed by atoms with van der Waals surface area (Å²) in [6.45, 7) is 4.41. The van der Waals surface area contributed by atoms with Gasteiger partial charge in [0.25, 0.3) is 5.91 Å². The lowest BCUT2D eigenvalue weighted by Crippen LogP contribution is -2.20. The molecule has 1 N–H and O–H groups in total. The normalized spacial score (nSPS) is 10.2. The SMILES string of the molecule is CCCCCOc1ccc(C(=O)OCC(=O)Nc2cccc(C)c2)cc1. The van der Waals surface area contributed by atoms with E-state index in [1.807, 2.05) is 25.1 Å². The van der Waals surface area contributed by atoms with E-state index in [-0.39, 0.29) is 12.5 Å². The molecular weight excluding hydrogens is 330 g/mol. The molecule has 0 aliphatic rings. The molecule has 138 valence electrons. The number of carbonyl (C=O) groups is 2. The number of aryl methyl sites for hydroxylation is 1. The second-order valence-corrected chi connectivity index (χ2v) is 6.07. The van der Waals surface area contributed by atoms with Gasteiger partial charge in [-0.2, -0.15) is 0 Å². The molecule has 0 spiro atoms. The Morgan fingerprint density at radius 2 is 1.81 bits per heavy atom. The highest BCUT2D eigenvalue weighted by atomic mass is 16.5. The number of nitrogens with one attached hydrogen (secondary N) is 1. The summed E-state index contributed by atoms with van der Waals surface area (Å²) in [6.07, 6.45) is 3.29. The highest BCUT2D eigenvalue weighted by molar-refractivity contribution is 5.95. The molecule has 0 saturated carbocycles. The number of benzene rings is 2. The fourth-order valence-electron chi connectivity index (χ4n) is 2.36. The number of esters is 1. The molecule has 0 heterocycles. The average molecular weight is 355 g/mol. The minimum Gasteiger partial charge on any atom is -0.494 e. The molecule has 0 bridgehead atoms. The molecule has 2 aromatic rings. The second kappa shape index (κ2) is 10.2. The van der Waals surface area contributed by atoms with E-state index in [2.05, 4.69) is 12.2 Å². The maximum Gasteiger partial charge on any atom is 0.338 e. The fraction of sp³-hybridized carbons (Fsp3) is 0.333. The molecule has 2 rings (SSSR count). The summed E-state index contributed by atoms with van der Waals surface area (Å²) in [5, 5.41) is 2.70. The van der Waals surface area contributed by atoms with Crippen LogP contribution in [0.25, 0.3) is 0 Å². The minimum absolute atomic E-state index is 0.331. The van der Waals surface area contributed by atoms with Gasteiger partial charge in [-0.1, -0.05) is 31.9 Å². The summed E-state index contributed by atoms with van der Waals surface area (Å²) in [5.74, 6) is -0.198. The number of carbonyl (C=O) groups excluding carboxylic acids is 2. The number of amides is 1. The molecule has 5 nitrogen and oxygen atoms in total. The first-order chi connectivity index (χ1) is 12.6. The van der Waals surface area contributed by atoms with E-state index in [1.165, 1.54) is 0 Å². The van der Waals surface area contributed by atoms with Crippen LogP contribution in [0, 0.1) is 6.92 Å². The van der Waals surface area contributed by atoms with Gasteiger partial charge in [0.2, 0.25) is 0 Å². The standard InChI is InChI=1S/C21H25NO4/c1-3-4-5-13-25-19-11-9-17(10-12-19)21(24)26-15-20(23)22-18-8-6-7-16(2)14-18/h6-12,14H,3-5,13,15H2,1-2H3,(H,22,23). The number of rotatable bonds is 9. The topological polar surface area (TPSA) is 64.6 Å². The first-order valence-corrected chi connectivity index (χ1v) is 8.85. The van der Waals surface area contributed by atoms with Gasteiger partial charge in [0, 0.05) is 5.69 Å². The molecule has 5 heteroatoms. The molecular formula is C21H25NO4. The van der Waals surface area contributed by atoms with Crippen molar-refractivity contribution in [2.75, 3.05) is 18.5 Å². The summed E-state index contributed by atoms with van der Waals surface area (Å²) in [7, 11) is 0. The van der Waals surface area contributed by atoms with E-state index in [0.29, 0.717) is 17.9 Å². The number of anilines is 1. The van der Waals surface area contributed by atoms with E-state index in [9.17, 15) is 9.59 Å². The van der Waals surface area contributed by atoms with Gasteiger partial charge in [0.15, 0.2) is 6.61 Å². The smallest absolute Gasteiger partial charge is 0.338 e. The molecule has 0 saturated heterocycles. The third kappa shape index (κ3) is 6.59. The van der Waals surface area contributed by atoms with Gasteiger partial charge >= 0.3 is 5.97 Å². The molecule has 26 heavy (non-hydrogen) atoms. The lowest BCUT2D eigenvalue weighted by atomic mass is 10.2. The number of hydrogen-bond donors (Lipinski definition) is 1. The quantitative estimate of drug-likeness (QED) is 0.536. The van der Waals surface area contributed by atoms with Crippen LogP contribution in [0.15, 0.2) is 48.5 Å². The number of unbranched alkanes of at least 4 members (excludes halogenated alkanes) is 2. The van der Waals surface area contributed by atoms with Crippen molar-refractivity contribution >= 4 is 17.6 Å². The van der Waals surface area contributed by atoms with Crippen molar-refractivity contribution in [2.45, 2.75) is 33.1 Å². The Hall–Kier alpha value is -2.82. The molecule has 0 atom stereocenters. The third-order valence-electron chi connectivity index (χ3n) is 3.74. The third-order valence-corrected chi connectivity index (χ3v) is 3.74. The zero-order valence-corrected chi connectivity index (χ0v) is 15.3. The molecule has 1 amide bonds. The Morgan fingerprint density at radius 1 is 1.04 bits per heavy atom. The minimum atomic E-state index is -0.540. The summed E-state index contributed by atoms with van der Waals surface area (Å²) >= 11 is 0. The Balaban J connectivity index is 1.77. The Bertz CT molecular complexity index is 725. The van der Waals surface area contributed by atoms with Gasteiger partial charge in [-0.25, -0.2) is 4.79 Å². The molecule has 0 radical (unpaired) electrons. The maximum atomic E-state index is 12.0. The summed E-state index contributed by atoms with van der Waals surface area (Å²) in [6, 6.07) is 14.2. The summed E-state index contributed by atoms with van der Waals surface area (Å²) < 4.78 is 10.7. The van der Waals surface area contributed by atoms with E-state index >= 15 is 0 Å². The first kappa shape index (κ1) is 19.5. The summed E-state index contributed by atoms with van der Waals surface area (Å²) in [5.41, 5.74) is 2.10. The van der Waals surface area contributed by atoms with E-state index in [4.69, 9.17) is 9.47 Å². The van der Waals surface area contributed by atoms with Crippen molar-refractivity contribution in [3.05, 3.63) is 59.7 Å².